The molecule has 2 N–H and O–H groups in total. The number of fused-ring (bicyclic) bond motifs is 6. The van der Waals surface area contributed by atoms with Crippen molar-refractivity contribution in [3.63, 3.8) is 0 Å². The van der Waals surface area contributed by atoms with Crippen molar-refractivity contribution in [2.24, 2.45) is 5.73 Å². The minimum atomic E-state index is 0.484. The largest absolute Gasteiger partial charge is 0.461 e. The lowest BCUT2D eigenvalue weighted by molar-refractivity contribution is 0.577. The molecule has 49 heavy (non-hydrogen) atoms. The molecule has 0 radical (unpaired) electrons. The van der Waals surface area contributed by atoms with Crippen molar-refractivity contribution in [1.82, 2.24) is 15.0 Å². The van der Waals surface area contributed by atoms with Gasteiger partial charge in [0.15, 0.2) is 17.5 Å². The van der Waals surface area contributed by atoms with Gasteiger partial charge >= 0.3 is 0 Å². The normalized spacial score (nSPS) is 12.0. The van der Waals surface area contributed by atoms with Gasteiger partial charge in [-0.05, 0) is 68.6 Å². The molecule has 2 heterocycles. The molecular formula is C44H30N4O. The predicted molar refractivity (Wildman–Crippen MR) is 201 cm³/mol. The van der Waals surface area contributed by atoms with Crippen molar-refractivity contribution >= 4 is 48.9 Å². The first kappa shape index (κ1) is 28.6. The molecule has 0 atom stereocenters. The molecule has 7 aromatic carbocycles. The summed E-state index contributed by atoms with van der Waals surface area (Å²) in [5.74, 6) is 2.37. The van der Waals surface area contributed by atoms with E-state index >= 15 is 0 Å². The van der Waals surface area contributed by atoms with E-state index in [-0.39, 0.29) is 0 Å². The van der Waals surface area contributed by atoms with Gasteiger partial charge in [0.1, 0.15) is 11.3 Å². The Morgan fingerprint density at radius 2 is 1.12 bits per heavy atom. The van der Waals surface area contributed by atoms with E-state index in [2.05, 4.69) is 84.9 Å². The average Bonchev–Trinajstić information content (AvgIpc) is 3.49. The molecule has 0 bridgehead atoms. The number of nitrogens with zero attached hydrogens (tertiary/aromatic N) is 3. The molecule has 0 saturated heterocycles. The first-order chi connectivity index (χ1) is 24.2. The highest BCUT2D eigenvalue weighted by Crippen LogP contribution is 2.41. The maximum absolute atomic E-state index is 6.50. The number of rotatable bonds is 5. The second-order valence-electron chi connectivity index (χ2n) is 12.2. The van der Waals surface area contributed by atoms with Crippen LogP contribution >= 0.6 is 0 Å². The maximum Gasteiger partial charge on any atom is 0.166 e. The van der Waals surface area contributed by atoms with Crippen LogP contribution in [0.2, 0.25) is 0 Å². The highest BCUT2D eigenvalue weighted by molar-refractivity contribution is 6.21. The third-order valence-corrected chi connectivity index (χ3v) is 9.32. The summed E-state index contributed by atoms with van der Waals surface area (Å²) in [5.41, 5.74) is 12.8. The summed E-state index contributed by atoms with van der Waals surface area (Å²) < 4.78 is 6.50. The number of aryl methyl sites for hydroxylation is 1. The first-order valence-electron chi connectivity index (χ1n) is 16.3. The molecule has 0 unspecified atom stereocenters. The van der Waals surface area contributed by atoms with Crippen LogP contribution in [-0.4, -0.2) is 15.0 Å². The zero-order valence-electron chi connectivity index (χ0n) is 26.8. The summed E-state index contributed by atoms with van der Waals surface area (Å²) in [5, 5.41) is 8.31. The molecule has 2 aromatic heterocycles. The van der Waals surface area contributed by atoms with Crippen LogP contribution in [0.1, 0.15) is 17.1 Å². The fourth-order valence-electron chi connectivity index (χ4n) is 7.02. The fraction of sp³-hybridized carbons (Fsp3) is 0.0227. The molecular weight excluding hydrogens is 601 g/mol. The molecule has 0 aliphatic carbocycles. The topological polar surface area (TPSA) is 77.8 Å². The SMILES string of the molecule is Cc1oc2cc(-c3cc4c5ccccc5ccc4c4ccccc34)ccc2c1/C(=C\N)c1nc(-c2ccccc2)nc(-c2ccccc2)n1. The fourth-order valence-corrected chi connectivity index (χ4v) is 7.02. The summed E-state index contributed by atoms with van der Waals surface area (Å²) in [7, 11) is 0. The van der Waals surface area contributed by atoms with Crippen molar-refractivity contribution in [3.05, 3.63) is 169 Å². The van der Waals surface area contributed by atoms with E-state index in [1.807, 2.05) is 67.6 Å². The lowest BCUT2D eigenvalue weighted by atomic mass is 9.90. The van der Waals surface area contributed by atoms with Gasteiger partial charge in [-0.15, -0.1) is 0 Å². The first-order valence-corrected chi connectivity index (χ1v) is 16.3. The van der Waals surface area contributed by atoms with E-state index in [1.165, 1.54) is 32.3 Å². The molecule has 0 saturated carbocycles. The molecule has 5 nitrogen and oxygen atoms in total. The van der Waals surface area contributed by atoms with Crippen LogP contribution in [0.5, 0.6) is 0 Å². The summed E-state index contributed by atoms with van der Waals surface area (Å²) in [6.45, 7) is 1.97. The Morgan fingerprint density at radius 3 is 1.82 bits per heavy atom. The Labute approximate surface area is 283 Å². The van der Waals surface area contributed by atoms with Gasteiger partial charge in [0.05, 0.1) is 0 Å². The van der Waals surface area contributed by atoms with E-state index in [9.17, 15) is 0 Å². The smallest absolute Gasteiger partial charge is 0.166 e. The minimum absolute atomic E-state index is 0.484. The standard InChI is InChI=1S/C44H30N4O/c1-27-41(39(26-45)44-47-42(29-13-4-2-5-14-29)46-43(48-44)30-15-6-3-7-16-30)36-23-21-31(24-40(36)49-27)37-25-38-32-17-9-8-12-28(32)20-22-35(38)33-18-10-11-19-34(33)37/h2-26H,45H2,1H3/b39-26+. The van der Waals surface area contributed by atoms with Gasteiger partial charge in [-0.25, -0.2) is 15.0 Å². The number of benzene rings is 7. The Balaban J connectivity index is 1.21. The van der Waals surface area contributed by atoms with Crippen LogP contribution in [0.25, 0.3) is 82.8 Å². The zero-order chi connectivity index (χ0) is 32.9. The Kier molecular flexibility index (Phi) is 6.76. The number of aromatic nitrogens is 3. The van der Waals surface area contributed by atoms with Crippen LogP contribution in [0.15, 0.2) is 156 Å². The quantitative estimate of drug-likeness (QED) is 0.191. The minimum Gasteiger partial charge on any atom is -0.461 e. The van der Waals surface area contributed by atoms with Crippen LogP contribution in [0.4, 0.5) is 0 Å². The van der Waals surface area contributed by atoms with E-state index in [0.29, 0.717) is 23.0 Å². The highest BCUT2D eigenvalue weighted by atomic mass is 16.3. The van der Waals surface area contributed by atoms with Gasteiger partial charge < -0.3 is 10.2 Å². The van der Waals surface area contributed by atoms with E-state index in [1.54, 1.807) is 6.20 Å². The van der Waals surface area contributed by atoms with Gasteiger partial charge in [-0.2, -0.15) is 0 Å². The van der Waals surface area contributed by atoms with Gasteiger partial charge in [0.25, 0.3) is 0 Å². The summed E-state index contributed by atoms with van der Waals surface area (Å²) in [4.78, 5) is 14.7. The molecule has 0 spiro atoms. The second-order valence-corrected chi connectivity index (χ2v) is 12.2. The number of furan rings is 1. The van der Waals surface area contributed by atoms with Crippen molar-refractivity contribution in [2.75, 3.05) is 0 Å². The average molecular weight is 631 g/mol. The zero-order valence-corrected chi connectivity index (χ0v) is 26.8. The van der Waals surface area contributed by atoms with Crippen molar-refractivity contribution in [2.45, 2.75) is 6.92 Å². The van der Waals surface area contributed by atoms with Crippen LogP contribution in [-0.2, 0) is 0 Å². The Bertz CT molecular complexity index is 2670. The molecule has 232 valence electrons. The van der Waals surface area contributed by atoms with E-state index < -0.39 is 0 Å². The third-order valence-electron chi connectivity index (χ3n) is 9.32. The Hall–Kier alpha value is -6.59. The van der Waals surface area contributed by atoms with Gasteiger partial charge in [-0.3, -0.25) is 0 Å². The highest BCUT2D eigenvalue weighted by Gasteiger charge is 2.22. The molecule has 0 amide bonds. The number of nitrogens with two attached hydrogens (primary N) is 1. The lowest BCUT2D eigenvalue weighted by Gasteiger charge is -2.13. The summed E-state index contributed by atoms with van der Waals surface area (Å²) in [6.07, 6.45) is 1.58. The lowest BCUT2D eigenvalue weighted by Crippen LogP contribution is -2.05. The maximum atomic E-state index is 6.50. The van der Waals surface area contributed by atoms with Crippen LogP contribution in [0.3, 0.4) is 0 Å². The van der Waals surface area contributed by atoms with E-state index in [4.69, 9.17) is 25.1 Å². The molecule has 9 aromatic rings. The predicted octanol–water partition coefficient (Wildman–Crippen LogP) is 10.7. The van der Waals surface area contributed by atoms with Crippen LogP contribution < -0.4 is 5.73 Å². The van der Waals surface area contributed by atoms with Crippen molar-refractivity contribution in [3.8, 4) is 33.9 Å². The molecule has 0 fully saturated rings. The number of hydrogen-bond donors (Lipinski definition) is 1. The molecule has 9 rings (SSSR count). The van der Waals surface area contributed by atoms with Crippen molar-refractivity contribution < 1.29 is 4.42 Å². The second kappa shape index (κ2) is 11.6. The van der Waals surface area contributed by atoms with Crippen LogP contribution in [0, 0.1) is 6.92 Å². The van der Waals surface area contributed by atoms with Gasteiger partial charge in [-0.1, -0.05) is 127 Å². The van der Waals surface area contributed by atoms with Gasteiger partial charge in [0.2, 0.25) is 0 Å². The van der Waals surface area contributed by atoms with Crippen molar-refractivity contribution in [1.29, 1.82) is 0 Å². The Morgan fingerprint density at radius 1 is 0.531 bits per heavy atom. The molecule has 0 aliphatic heterocycles. The third kappa shape index (κ3) is 4.83. The summed E-state index contributed by atoms with van der Waals surface area (Å²) >= 11 is 0. The molecule has 0 aliphatic rings. The monoisotopic (exact) mass is 630 g/mol. The van der Waals surface area contributed by atoms with E-state index in [0.717, 1.165) is 44.5 Å². The summed E-state index contributed by atoms with van der Waals surface area (Å²) in [6, 6.07) is 50.3. The number of hydrogen-bond acceptors (Lipinski definition) is 5. The molecule has 5 heteroatoms. The van der Waals surface area contributed by atoms with Gasteiger partial charge in [0, 0.05) is 33.8 Å².